The van der Waals surface area contributed by atoms with E-state index < -0.39 is 42.4 Å². The minimum Gasteiger partial charge on any atom is -0.394 e. The molecule has 2 aromatic heterocycles. The number of nitrogens with one attached hydrogen (secondary N) is 1. The van der Waals surface area contributed by atoms with Crippen molar-refractivity contribution >= 4 is 17.1 Å². The Hall–Kier alpha value is -2.25. The van der Waals surface area contributed by atoms with Crippen molar-refractivity contribution in [3.05, 3.63) is 20.8 Å². The molecule has 1 aliphatic rings. The third-order valence-electron chi connectivity index (χ3n) is 3.86. The van der Waals surface area contributed by atoms with E-state index in [4.69, 9.17) is 15.2 Å². The average Bonchev–Trinajstić information content (AvgIpc) is 2.96. The lowest BCUT2D eigenvalue weighted by molar-refractivity contribution is -0.0531. The number of aromatic nitrogens is 4. The first-order valence-electron chi connectivity index (χ1n) is 7.02. The Labute approximate surface area is 133 Å². The second-order valence-corrected chi connectivity index (χ2v) is 5.35. The van der Waals surface area contributed by atoms with E-state index in [9.17, 15) is 24.9 Å². The van der Waals surface area contributed by atoms with Gasteiger partial charge in [0.1, 0.15) is 25.0 Å². The van der Waals surface area contributed by atoms with Crippen molar-refractivity contribution in [2.45, 2.75) is 31.3 Å². The first kappa shape index (κ1) is 16.6. The fourth-order valence-corrected chi connectivity index (χ4v) is 2.77. The molecule has 3 heterocycles. The van der Waals surface area contributed by atoms with Crippen LogP contribution in [0.25, 0.3) is 11.2 Å². The number of nitrogens with zero attached hydrogens (tertiary/aromatic N) is 3. The van der Waals surface area contributed by atoms with Crippen molar-refractivity contribution in [1.82, 2.24) is 19.1 Å². The van der Waals surface area contributed by atoms with Gasteiger partial charge in [0.25, 0.3) is 5.56 Å². The van der Waals surface area contributed by atoms with Gasteiger partial charge in [0.15, 0.2) is 17.4 Å². The summed E-state index contributed by atoms with van der Waals surface area (Å²) in [5.74, 6) is -0.234. The molecular formula is C12H17N5O7. The third kappa shape index (κ3) is 2.32. The molecule has 12 nitrogen and oxygen atoms in total. The fraction of sp³-hybridized carbons (Fsp3) is 0.583. The number of aromatic amines is 1. The van der Waals surface area contributed by atoms with E-state index in [1.807, 2.05) is 0 Å². The highest BCUT2D eigenvalue weighted by molar-refractivity contribution is 5.71. The van der Waals surface area contributed by atoms with Gasteiger partial charge in [0, 0.05) is 7.11 Å². The first-order valence-corrected chi connectivity index (χ1v) is 7.02. The summed E-state index contributed by atoms with van der Waals surface area (Å²) in [6.07, 6.45) is -5.35. The molecule has 132 valence electrons. The number of nitrogen functional groups attached to an aromatic ring is 1. The molecule has 0 radical (unpaired) electrons. The summed E-state index contributed by atoms with van der Waals surface area (Å²) >= 11 is 0. The van der Waals surface area contributed by atoms with E-state index >= 15 is 0 Å². The van der Waals surface area contributed by atoms with Crippen LogP contribution in [-0.2, 0) is 16.2 Å². The number of nitrogens with two attached hydrogens (primary N) is 1. The minimum absolute atomic E-state index is 0.117. The lowest BCUT2D eigenvalue weighted by Crippen LogP contribution is -2.36. The summed E-state index contributed by atoms with van der Waals surface area (Å²) in [7, 11) is 1.33. The number of methoxy groups -OCH3 is 1. The molecule has 2 aromatic rings. The van der Waals surface area contributed by atoms with Crippen molar-refractivity contribution in [3.63, 3.8) is 0 Å². The average molecular weight is 343 g/mol. The normalized spacial score (nSPS) is 27.2. The molecule has 4 atom stereocenters. The third-order valence-corrected chi connectivity index (χ3v) is 3.86. The molecule has 0 aromatic carbocycles. The number of aliphatic hydroxyl groups is 3. The summed E-state index contributed by atoms with van der Waals surface area (Å²) < 4.78 is 12.2. The van der Waals surface area contributed by atoms with Crippen LogP contribution in [0.3, 0.4) is 0 Å². The van der Waals surface area contributed by atoms with Gasteiger partial charge >= 0.3 is 5.69 Å². The predicted molar refractivity (Wildman–Crippen MR) is 79.0 cm³/mol. The fourth-order valence-electron chi connectivity index (χ4n) is 2.77. The van der Waals surface area contributed by atoms with E-state index in [0.717, 1.165) is 9.13 Å². The molecule has 12 heteroatoms. The zero-order valence-corrected chi connectivity index (χ0v) is 12.6. The highest BCUT2D eigenvalue weighted by Crippen LogP contribution is 2.30. The highest BCUT2D eigenvalue weighted by Gasteiger charge is 2.45. The number of imidazole rings is 1. The van der Waals surface area contributed by atoms with Gasteiger partial charge in [0.05, 0.1) is 6.61 Å². The first-order chi connectivity index (χ1) is 11.4. The van der Waals surface area contributed by atoms with Gasteiger partial charge in [-0.25, -0.2) is 9.36 Å². The van der Waals surface area contributed by atoms with Crippen LogP contribution < -0.4 is 17.0 Å². The van der Waals surface area contributed by atoms with Gasteiger partial charge in [0.2, 0.25) is 5.95 Å². The number of ether oxygens (including phenoxy) is 2. The molecule has 24 heavy (non-hydrogen) atoms. The van der Waals surface area contributed by atoms with E-state index in [0.29, 0.717) is 0 Å². The second kappa shape index (κ2) is 5.99. The molecule has 1 aliphatic heterocycles. The minimum atomic E-state index is -1.51. The number of hydrogen-bond acceptors (Lipinski definition) is 9. The smallest absolute Gasteiger partial charge is 0.334 e. The van der Waals surface area contributed by atoms with Gasteiger partial charge in [-0.2, -0.15) is 4.98 Å². The molecule has 3 rings (SSSR count). The van der Waals surface area contributed by atoms with Crippen molar-refractivity contribution in [1.29, 1.82) is 0 Å². The van der Waals surface area contributed by atoms with Crippen molar-refractivity contribution in [2.75, 3.05) is 19.5 Å². The molecule has 0 spiro atoms. The Balaban J connectivity index is 2.27. The quantitative estimate of drug-likeness (QED) is 0.380. The van der Waals surface area contributed by atoms with Crippen LogP contribution in [0.5, 0.6) is 0 Å². The number of rotatable bonds is 4. The lowest BCUT2D eigenvalue weighted by Gasteiger charge is -2.15. The SMILES string of the molecule is COCn1c(=O)n(C2OC(CO)C(O)C2O)c2nc(N)[nH]c(=O)c21. The molecular weight excluding hydrogens is 326 g/mol. The van der Waals surface area contributed by atoms with E-state index in [-0.39, 0.29) is 23.8 Å². The molecule has 4 unspecified atom stereocenters. The van der Waals surface area contributed by atoms with Gasteiger partial charge in [-0.15, -0.1) is 0 Å². The van der Waals surface area contributed by atoms with Gasteiger partial charge in [-0.3, -0.25) is 14.3 Å². The van der Waals surface area contributed by atoms with E-state index in [1.54, 1.807) is 0 Å². The second-order valence-electron chi connectivity index (χ2n) is 5.35. The van der Waals surface area contributed by atoms with Crippen LogP contribution in [0, 0.1) is 0 Å². The molecule has 6 N–H and O–H groups in total. The number of fused-ring (bicyclic) bond motifs is 1. The summed E-state index contributed by atoms with van der Waals surface area (Å²) in [4.78, 5) is 31.0. The number of anilines is 1. The Kier molecular flexibility index (Phi) is 4.15. The molecule has 0 amide bonds. The zero-order valence-electron chi connectivity index (χ0n) is 12.6. The molecule has 1 saturated heterocycles. The van der Waals surface area contributed by atoms with Crippen LogP contribution in [0.1, 0.15) is 6.23 Å². The van der Waals surface area contributed by atoms with Crippen LogP contribution in [-0.4, -0.2) is 66.5 Å². The molecule has 0 aliphatic carbocycles. The standard InChI is InChI=1S/C12H17N5O7/c1-23-3-16-5-8(14-11(13)15-9(5)21)17(12(16)22)10-7(20)6(19)4(2-18)24-10/h4,6-7,10,18-20H,2-3H2,1H3,(H3,13,14,15,21). The van der Waals surface area contributed by atoms with Gasteiger partial charge < -0.3 is 30.5 Å². The lowest BCUT2D eigenvalue weighted by atomic mass is 10.1. The number of H-pyrrole nitrogens is 1. The Morgan fingerprint density at radius 2 is 2.08 bits per heavy atom. The highest BCUT2D eigenvalue weighted by atomic mass is 16.6. The maximum Gasteiger partial charge on any atom is 0.334 e. The predicted octanol–water partition coefficient (Wildman–Crippen LogP) is -3.32. The Morgan fingerprint density at radius 1 is 1.38 bits per heavy atom. The Morgan fingerprint density at radius 3 is 2.67 bits per heavy atom. The summed E-state index contributed by atoms with van der Waals surface area (Å²) in [6.45, 7) is -0.803. The van der Waals surface area contributed by atoms with Gasteiger partial charge in [-0.05, 0) is 0 Å². The van der Waals surface area contributed by atoms with Crippen LogP contribution in [0.15, 0.2) is 9.59 Å². The van der Waals surface area contributed by atoms with E-state index in [2.05, 4.69) is 9.97 Å². The van der Waals surface area contributed by atoms with Crippen LogP contribution in [0.2, 0.25) is 0 Å². The van der Waals surface area contributed by atoms with Gasteiger partial charge in [-0.1, -0.05) is 0 Å². The molecule has 1 fully saturated rings. The van der Waals surface area contributed by atoms with Crippen molar-refractivity contribution < 1.29 is 24.8 Å². The van der Waals surface area contributed by atoms with Crippen LogP contribution >= 0.6 is 0 Å². The van der Waals surface area contributed by atoms with Crippen LogP contribution in [0.4, 0.5) is 5.95 Å². The summed E-state index contributed by atoms with van der Waals surface area (Å²) in [6, 6.07) is 0. The topological polar surface area (TPSA) is 178 Å². The molecule has 0 saturated carbocycles. The zero-order chi connectivity index (χ0) is 17.6. The number of aliphatic hydroxyl groups excluding tert-OH is 3. The van der Waals surface area contributed by atoms with Crippen molar-refractivity contribution in [3.8, 4) is 0 Å². The monoisotopic (exact) mass is 343 g/mol. The number of hydrogen-bond donors (Lipinski definition) is 5. The largest absolute Gasteiger partial charge is 0.394 e. The van der Waals surface area contributed by atoms with E-state index in [1.165, 1.54) is 7.11 Å². The van der Waals surface area contributed by atoms with Crippen molar-refractivity contribution in [2.24, 2.45) is 0 Å². The maximum atomic E-state index is 12.7. The summed E-state index contributed by atoms with van der Waals surface area (Å²) in [5, 5.41) is 29.2. The molecule has 0 bridgehead atoms. The summed E-state index contributed by atoms with van der Waals surface area (Å²) in [5.41, 5.74) is 3.86. The maximum absolute atomic E-state index is 12.7. The Bertz CT molecular complexity index is 871.